The van der Waals surface area contributed by atoms with Crippen LogP contribution >= 0.6 is 12.2 Å². The highest BCUT2D eigenvalue weighted by molar-refractivity contribution is 7.80. The Morgan fingerprint density at radius 1 is 1.04 bits per heavy atom. The maximum Gasteiger partial charge on any atom is 0.173 e. The Morgan fingerprint density at radius 2 is 1.79 bits per heavy atom. The number of fused-ring (bicyclic) bond motifs is 1. The number of benzene rings is 2. The second-order valence-electron chi connectivity index (χ2n) is 7.19. The van der Waals surface area contributed by atoms with E-state index in [0.717, 1.165) is 56.4 Å². The third-order valence-corrected chi connectivity index (χ3v) is 5.74. The number of piperazine rings is 1. The molecule has 0 atom stereocenters. The van der Waals surface area contributed by atoms with Crippen LogP contribution in [0.1, 0.15) is 18.4 Å². The number of para-hydroxylation sites is 1. The molecule has 0 amide bonds. The van der Waals surface area contributed by atoms with Crippen LogP contribution < -0.4 is 15.5 Å². The summed E-state index contributed by atoms with van der Waals surface area (Å²) < 4.78 is 0. The molecule has 4 rings (SSSR count). The summed E-state index contributed by atoms with van der Waals surface area (Å²) in [5, 5.41) is 17.1. The second-order valence-corrected chi connectivity index (χ2v) is 7.57. The fourth-order valence-corrected chi connectivity index (χ4v) is 4.02. The lowest BCUT2D eigenvalue weighted by Gasteiger charge is -2.37. The van der Waals surface area contributed by atoms with E-state index in [1.807, 2.05) is 12.1 Å². The maximum atomic E-state index is 9.45. The fraction of sp³-hybridized carbons (Fsp3) is 0.318. The van der Waals surface area contributed by atoms with Crippen LogP contribution in [0.15, 0.2) is 54.7 Å². The normalized spacial score (nSPS) is 18.2. The van der Waals surface area contributed by atoms with Crippen LogP contribution in [0.2, 0.25) is 0 Å². The average Bonchev–Trinajstić information content (AvgIpc) is 2.95. The van der Waals surface area contributed by atoms with Gasteiger partial charge < -0.3 is 25.5 Å². The number of nitrogens with one attached hydrogen (secondary N) is 2. The van der Waals surface area contributed by atoms with Crippen molar-refractivity contribution < 1.29 is 5.11 Å². The smallest absolute Gasteiger partial charge is 0.173 e. The molecule has 1 saturated heterocycles. The first-order valence-corrected chi connectivity index (χ1v) is 10.2. The molecule has 2 aromatic rings. The Labute approximate surface area is 171 Å². The molecule has 2 aliphatic heterocycles. The number of rotatable bonds is 2. The molecule has 1 fully saturated rings. The van der Waals surface area contributed by atoms with Crippen molar-refractivity contribution in [1.29, 1.82) is 0 Å². The first-order valence-electron chi connectivity index (χ1n) is 9.82. The minimum Gasteiger partial charge on any atom is -0.508 e. The number of phenolic OH excluding ortho intramolecular Hbond substituents is 1. The fourth-order valence-electron chi connectivity index (χ4n) is 3.78. The number of phenols is 1. The van der Waals surface area contributed by atoms with Crippen molar-refractivity contribution in [3.05, 3.63) is 60.3 Å². The molecule has 5 nitrogen and oxygen atoms in total. The van der Waals surface area contributed by atoms with E-state index in [2.05, 4.69) is 50.9 Å². The molecule has 0 bridgehead atoms. The Hall–Kier alpha value is -2.73. The molecule has 0 aliphatic carbocycles. The molecule has 3 N–H and O–H groups in total. The third kappa shape index (κ3) is 4.22. The van der Waals surface area contributed by atoms with Crippen LogP contribution in [0.3, 0.4) is 0 Å². The van der Waals surface area contributed by atoms with E-state index in [4.69, 9.17) is 12.2 Å². The predicted molar refractivity (Wildman–Crippen MR) is 120 cm³/mol. The zero-order chi connectivity index (χ0) is 19.3. The van der Waals surface area contributed by atoms with E-state index in [0.29, 0.717) is 5.75 Å². The number of hydrogen-bond donors (Lipinski definition) is 3. The van der Waals surface area contributed by atoms with Crippen molar-refractivity contribution >= 4 is 34.3 Å². The van der Waals surface area contributed by atoms with Gasteiger partial charge in [-0.05, 0) is 61.0 Å². The molecule has 28 heavy (non-hydrogen) atoms. The standard InChI is InChI=1S/C22H26N4OS/c27-19-9-7-18(8-10-19)25-12-14-26(15-13-25)22(28)24-16-17-4-3-11-23-21-6-2-1-5-20(17)21/h1-2,5-10,16,23,27H,3-4,11-15H2,(H,24,28)/b17-16-. The van der Waals surface area contributed by atoms with Crippen LogP contribution in [0.25, 0.3) is 5.57 Å². The molecule has 0 aromatic heterocycles. The predicted octanol–water partition coefficient (Wildman–Crippen LogP) is 3.64. The molecule has 0 radical (unpaired) electrons. The summed E-state index contributed by atoms with van der Waals surface area (Å²) in [5.74, 6) is 0.302. The topological polar surface area (TPSA) is 50.8 Å². The largest absolute Gasteiger partial charge is 0.508 e. The lowest BCUT2D eigenvalue weighted by atomic mass is 10.0. The van der Waals surface area contributed by atoms with Crippen molar-refractivity contribution in [3.63, 3.8) is 0 Å². The second kappa shape index (κ2) is 8.52. The van der Waals surface area contributed by atoms with E-state index < -0.39 is 0 Å². The van der Waals surface area contributed by atoms with E-state index in [1.54, 1.807) is 12.1 Å². The van der Waals surface area contributed by atoms with E-state index >= 15 is 0 Å². The lowest BCUT2D eigenvalue weighted by Crippen LogP contribution is -2.51. The summed E-state index contributed by atoms with van der Waals surface area (Å²) in [6.45, 7) is 4.59. The first kappa shape index (κ1) is 18.6. The van der Waals surface area contributed by atoms with Crippen molar-refractivity contribution in [2.45, 2.75) is 12.8 Å². The average molecular weight is 395 g/mol. The highest BCUT2D eigenvalue weighted by Gasteiger charge is 2.19. The van der Waals surface area contributed by atoms with Crippen LogP contribution in [0, 0.1) is 0 Å². The maximum absolute atomic E-state index is 9.45. The van der Waals surface area contributed by atoms with Crippen LogP contribution in [-0.2, 0) is 0 Å². The van der Waals surface area contributed by atoms with Gasteiger partial charge in [-0.15, -0.1) is 0 Å². The van der Waals surface area contributed by atoms with Gasteiger partial charge in [0.2, 0.25) is 0 Å². The van der Waals surface area contributed by atoms with Crippen molar-refractivity contribution in [2.24, 2.45) is 0 Å². The molecule has 0 unspecified atom stereocenters. The van der Waals surface area contributed by atoms with Gasteiger partial charge in [-0.25, -0.2) is 0 Å². The molecular weight excluding hydrogens is 368 g/mol. The summed E-state index contributed by atoms with van der Waals surface area (Å²) in [4.78, 5) is 4.55. The molecule has 6 heteroatoms. The SMILES string of the molecule is Oc1ccc(N2CCN(C(=S)N/C=C3/CCCNc4ccccc43)CC2)cc1. The summed E-state index contributed by atoms with van der Waals surface area (Å²) in [6.07, 6.45) is 4.23. The molecule has 0 saturated carbocycles. The van der Waals surface area contributed by atoms with Crippen LogP contribution in [0.5, 0.6) is 5.75 Å². The van der Waals surface area contributed by atoms with Gasteiger partial charge in [0, 0.05) is 55.9 Å². The van der Waals surface area contributed by atoms with Crippen molar-refractivity contribution in [2.75, 3.05) is 42.9 Å². The summed E-state index contributed by atoms with van der Waals surface area (Å²) >= 11 is 5.65. The van der Waals surface area contributed by atoms with Gasteiger partial charge in [-0.1, -0.05) is 18.2 Å². The summed E-state index contributed by atoms with van der Waals surface area (Å²) in [7, 11) is 0. The number of hydrogen-bond acceptors (Lipinski definition) is 4. The summed E-state index contributed by atoms with van der Waals surface area (Å²) in [5.41, 5.74) is 4.89. The highest BCUT2D eigenvalue weighted by Crippen LogP contribution is 2.29. The number of thiocarbonyl (C=S) groups is 1. The number of nitrogens with zero attached hydrogens (tertiary/aromatic N) is 2. The van der Waals surface area contributed by atoms with Gasteiger partial charge in [-0.3, -0.25) is 0 Å². The van der Waals surface area contributed by atoms with Crippen molar-refractivity contribution in [1.82, 2.24) is 10.2 Å². The van der Waals surface area contributed by atoms with E-state index in [9.17, 15) is 5.11 Å². The minimum absolute atomic E-state index is 0.302. The molecular formula is C22H26N4OS. The number of anilines is 2. The van der Waals surface area contributed by atoms with E-state index in [1.165, 1.54) is 16.8 Å². The molecule has 0 spiro atoms. The molecule has 2 aromatic carbocycles. The minimum atomic E-state index is 0.302. The third-order valence-electron chi connectivity index (χ3n) is 5.36. The van der Waals surface area contributed by atoms with Crippen molar-refractivity contribution in [3.8, 4) is 5.75 Å². The van der Waals surface area contributed by atoms with Gasteiger partial charge >= 0.3 is 0 Å². The molecule has 2 heterocycles. The lowest BCUT2D eigenvalue weighted by molar-refractivity contribution is 0.384. The van der Waals surface area contributed by atoms with Crippen LogP contribution in [-0.4, -0.2) is 47.8 Å². The van der Waals surface area contributed by atoms with Gasteiger partial charge in [0.1, 0.15) is 5.75 Å². The molecule has 146 valence electrons. The Bertz CT molecular complexity index is 857. The quantitative estimate of drug-likeness (QED) is 0.676. The zero-order valence-corrected chi connectivity index (χ0v) is 16.7. The van der Waals surface area contributed by atoms with Gasteiger partial charge in [0.25, 0.3) is 0 Å². The zero-order valence-electron chi connectivity index (χ0n) is 15.9. The monoisotopic (exact) mass is 394 g/mol. The molecule has 2 aliphatic rings. The van der Waals surface area contributed by atoms with Gasteiger partial charge in [0.15, 0.2) is 5.11 Å². The highest BCUT2D eigenvalue weighted by atomic mass is 32.1. The first-order chi connectivity index (χ1) is 13.7. The van der Waals surface area contributed by atoms with Crippen LogP contribution in [0.4, 0.5) is 11.4 Å². The summed E-state index contributed by atoms with van der Waals surface area (Å²) in [6, 6.07) is 15.9. The number of allylic oxidation sites excluding steroid dienone is 1. The van der Waals surface area contributed by atoms with Gasteiger partial charge in [-0.2, -0.15) is 0 Å². The number of aromatic hydroxyl groups is 1. The van der Waals surface area contributed by atoms with E-state index in [-0.39, 0.29) is 0 Å². The Kier molecular flexibility index (Phi) is 5.67. The van der Waals surface area contributed by atoms with Gasteiger partial charge in [0.05, 0.1) is 0 Å². The Balaban J connectivity index is 1.36. The Morgan fingerprint density at radius 3 is 2.57 bits per heavy atom.